The van der Waals surface area contributed by atoms with E-state index in [4.69, 9.17) is 24.9 Å². The average Bonchev–Trinajstić information content (AvgIpc) is 1.59. The highest BCUT2D eigenvalue weighted by atomic mass is 15.2. The van der Waals surface area contributed by atoms with E-state index in [1.807, 2.05) is 72.8 Å². The van der Waals surface area contributed by atoms with Crippen molar-refractivity contribution in [1.82, 2.24) is 43.2 Å². The number of rotatable bonds is 10. The van der Waals surface area contributed by atoms with Gasteiger partial charge in [-0.05, 0) is 137 Å². The van der Waals surface area contributed by atoms with Crippen LogP contribution in [0, 0.1) is 0 Å². The van der Waals surface area contributed by atoms with Crippen LogP contribution in [0.4, 0.5) is 0 Å². The molecule has 0 saturated heterocycles. The number of nitrogens with zero attached hydrogens (tertiary/aromatic N) is 9. The molecule has 486 valence electrons. The van der Waals surface area contributed by atoms with Crippen LogP contribution in [-0.4, -0.2) is 43.2 Å². The maximum Gasteiger partial charge on any atom is 0.238 e. The topological polar surface area (TPSA) is 84.2 Å². The Bertz CT molecular complexity index is 6840. The van der Waals surface area contributed by atoms with Crippen LogP contribution in [0.1, 0.15) is 0 Å². The summed E-state index contributed by atoms with van der Waals surface area (Å²) in [6, 6.07) is 131. The van der Waals surface area contributed by atoms with E-state index < -0.39 is 0 Å². The lowest BCUT2D eigenvalue weighted by molar-refractivity contribution is 0.953. The van der Waals surface area contributed by atoms with Crippen LogP contribution in [0.3, 0.4) is 0 Å². The van der Waals surface area contributed by atoms with Crippen molar-refractivity contribution in [2.75, 3.05) is 0 Å². The molecule has 21 rings (SSSR count). The molecule has 104 heavy (non-hydrogen) atoms. The molecule has 6 aromatic heterocycles. The van der Waals surface area contributed by atoms with Crippen molar-refractivity contribution in [3.8, 4) is 90.7 Å². The van der Waals surface area contributed by atoms with Crippen LogP contribution < -0.4 is 0 Å². The fourth-order valence-electron chi connectivity index (χ4n) is 15.5. The Kier molecular flexibility index (Phi) is 14.4. The standard InChI is InChI=1S/C50H32N4.C45H29N5/c1-3-14-33(15-4-1)35-18-13-19-38(30-35)53-45-24-11-8-20-39(45)42-31-36(26-28-47(42)53)37-27-29-48-43(32-37)40-21-9-12-25-46(40)54(48)50-51-44-23-10-7-22-41(44)49(52-50)34-16-5-2-6-17-34;1-4-14-30(15-5-1)43-46-44(31-16-6-2-7-17-31)48-45(47-43)50-40-23-13-11-21-36(40)38-29-33(25-27-42(38)50)32-24-26-41-37(28-32)35-20-10-12-22-39(35)49(41)34-18-8-3-9-19-34/h1-32H;1-29H. The van der Waals surface area contributed by atoms with Gasteiger partial charge >= 0.3 is 0 Å². The van der Waals surface area contributed by atoms with Crippen molar-refractivity contribution >= 4 is 98.1 Å². The summed E-state index contributed by atoms with van der Waals surface area (Å²) >= 11 is 0. The van der Waals surface area contributed by atoms with Crippen LogP contribution in [0.25, 0.3) is 189 Å². The van der Waals surface area contributed by atoms with Gasteiger partial charge in [0, 0.05) is 76.5 Å². The van der Waals surface area contributed by atoms with E-state index in [0.717, 1.165) is 83.1 Å². The van der Waals surface area contributed by atoms with Gasteiger partial charge in [-0.3, -0.25) is 9.13 Å². The minimum atomic E-state index is 0.590. The van der Waals surface area contributed by atoms with Crippen LogP contribution in [0.5, 0.6) is 0 Å². The first-order valence-electron chi connectivity index (χ1n) is 35.1. The van der Waals surface area contributed by atoms with Gasteiger partial charge in [-0.15, -0.1) is 0 Å². The third-order valence-corrected chi connectivity index (χ3v) is 20.3. The molecule has 0 unspecified atom stereocenters. The zero-order valence-corrected chi connectivity index (χ0v) is 56.2. The molecule has 0 aliphatic carbocycles. The maximum absolute atomic E-state index is 5.26. The number of para-hydroxylation sites is 6. The first-order chi connectivity index (χ1) is 51.6. The molecule has 0 atom stereocenters. The number of fused-ring (bicyclic) bond motifs is 13. The predicted octanol–water partition coefficient (Wildman–Crippen LogP) is 23.9. The lowest BCUT2D eigenvalue weighted by Crippen LogP contribution is -2.06. The summed E-state index contributed by atoms with van der Waals surface area (Å²) in [7, 11) is 0. The van der Waals surface area contributed by atoms with Gasteiger partial charge in [0.05, 0.1) is 55.3 Å². The van der Waals surface area contributed by atoms with Crippen molar-refractivity contribution < 1.29 is 0 Å². The van der Waals surface area contributed by atoms with E-state index >= 15 is 0 Å². The van der Waals surface area contributed by atoms with Crippen molar-refractivity contribution in [2.24, 2.45) is 0 Å². The van der Waals surface area contributed by atoms with E-state index in [9.17, 15) is 0 Å². The maximum atomic E-state index is 5.26. The van der Waals surface area contributed by atoms with Crippen molar-refractivity contribution in [3.63, 3.8) is 0 Å². The van der Waals surface area contributed by atoms with E-state index in [2.05, 4.69) is 316 Å². The molecular weight excluding hydrogens is 1270 g/mol. The largest absolute Gasteiger partial charge is 0.309 e. The second-order valence-corrected chi connectivity index (χ2v) is 26.4. The van der Waals surface area contributed by atoms with Crippen LogP contribution in [0.15, 0.2) is 370 Å². The average molecular weight is 1330 g/mol. The summed E-state index contributed by atoms with van der Waals surface area (Å²) in [5, 5.41) is 10.6. The van der Waals surface area contributed by atoms with Gasteiger partial charge < -0.3 is 9.13 Å². The second kappa shape index (κ2) is 24.9. The molecule has 6 heterocycles. The molecule has 0 radical (unpaired) electrons. The molecule has 0 bridgehead atoms. The molecule has 0 aliphatic heterocycles. The molecule has 0 spiro atoms. The van der Waals surface area contributed by atoms with Gasteiger partial charge in [-0.1, -0.05) is 267 Å². The highest BCUT2D eigenvalue weighted by Crippen LogP contribution is 2.42. The first-order valence-corrected chi connectivity index (χ1v) is 35.1. The molecule has 15 aromatic carbocycles. The molecule has 9 heteroatoms. The van der Waals surface area contributed by atoms with Crippen molar-refractivity contribution in [2.45, 2.75) is 0 Å². The van der Waals surface area contributed by atoms with Gasteiger partial charge in [-0.2, -0.15) is 9.97 Å². The summed E-state index contributed by atoms with van der Waals surface area (Å²) in [5.41, 5.74) is 23.2. The number of aromatic nitrogens is 9. The van der Waals surface area contributed by atoms with E-state index in [0.29, 0.717) is 23.5 Å². The monoisotopic (exact) mass is 1330 g/mol. The van der Waals surface area contributed by atoms with Gasteiger partial charge in [0.2, 0.25) is 11.9 Å². The Hall–Kier alpha value is -14.2. The second-order valence-electron chi connectivity index (χ2n) is 26.4. The Labute approximate surface area is 598 Å². The van der Waals surface area contributed by atoms with Gasteiger partial charge in [0.1, 0.15) is 0 Å². The molecule has 0 N–H and O–H groups in total. The van der Waals surface area contributed by atoms with Gasteiger partial charge in [-0.25, -0.2) is 15.0 Å². The zero-order chi connectivity index (χ0) is 68.6. The molecule has 21 aromatic rings. The summed E-state index contributed by atoms with van der Waals surface area (Å²) in [5.74, 6) is 2.53. The summed E-state index contributed by atoms with van der Waals surface area (Å²) in [4.78, 5) is 25.5. The number of hydrogen-bond acceptors (Lipinski definition) is 5. The summed E-state index contributed by atoms with van der Waals surface area (Å²) in [6.45, 7) is 0. The smallest absolute Gasteiger partial charge is 0.238 e. The Morgan fingerprint density at radius 3 is 0.923 bits per heavy atom. The van der Waals surface area contributed by atoms with Gasteiger partial charge in [0.15, 0.2) is 11.6 Å². The predicted molar refractivity (Wildman–Crippen MR) is 429 cm³/mol. The lowest BCUT2D eigenvalue weighted by Gasteiger charge is -2.12. The van der Waals surface area contributed by atoms with Crippen LogP contribution in [0.2, 0.25) is 0 Å². The highest BCUT2D eigenvalue weighted by molar-refractivity contribution is 6.15. The number of benzene rings is 15. The van der Waals surface area contributed by atoms with Crippen molar-refractivity contribution in [3.05, 3.63) is 370 Å². The Morgan fingerprint density at radius 2 is 0.471 bits per heavy atom. The van der Waals surface area contributed by atoms with Crippen LogP contribution >= 0.6 is 0 Å². The minimum absolute atomic E-state index is 0.590. The van der Waals surface area contributed by atoms with E-state index in [-0.39, 0.29) is 0 Å². The SMILES string of the molecule is c1ccc(-c2cccc(-n3c4ccccc4c4cc(-c5ccc6c(c5)c5ccccc5n6-c5nc(-c6ccccc6)c6ccccc6n5)ccc43)c2)cc1.c1ccc(-c2nc(-c3ccccc3)nc(-n3c4ccccc4c4cc(-c5ccc6c(c5)c5ccccc5n6-c5ccccc5)ccc43)n2)cc1. The molecule has 9 nitrogen and oxygen atoms in total. The molecule has 0 aliphatic rings. The lowest BCUT2D eigenvalue weighted by atomic mass is 10.0. The third-order valence-electron chi connectivity index (χ3n) is 20.3. The molecule has 0 saturated carbocycles. The molecule has 0 amide bonds. The third kappa shape index (κ3) is 10.2. The normalized spacial score (nSPS) is 11.7. The first kappa shape index (κ1) is 59.9. The fraction of sp³-hybridized carbons (Fsp3) is 0. The van der Waals surface area contributed by atoms with Crippen molar-refractivity contribution in [1.29, 1.82) is 0 Å². The van der Waals surface area contributed by atoms with Crippen LogP contribution in [-0.2, 0) is 0 Å². The van der Waals surface area contributed by atoms with E-state index in [1.165, 1.54) is 82.2 Å². The molecular formula is C95H61N9. The fourth-order valence-corrected chi connectivity index (χ4v) is 15.5. The highest BCUT2D eigenvalue weighted by Gasteiger charge is 2.23. The quantitative estimate of drug-likeness (QED) is 0.136. The van der Waals surface area contributed by atoms with E-state index in [1.54, 1.807) is 0 Å². The van der Waals surface area contributed by atoms with Gasteiger partial charge in [0.25, 0.3) is 0 Å². The number of hydrogen-bond donors (Lipinski definition) is 0. The molecule has 0 fully saturated rings. The zero-order valence-electron chi connectivity index (χ0n) is 56.2. The summed E-state index contributed by atoms with van der Waals surface area (Å²) in [6.07, 6.45) is 0. The Balaban J connectivity index is 0.000000139. The summed E-state index contributed by atoms with van der Waals surface area (Å²) < 4.78 is 9.14. The minimum Gasteiger partial charge on any atom is -0.309 e. The Morgan fingerprint density at radius 1 is 0.163 bits per heavy atom.